The summed E-state index contributed by atoms with van der Waals surface area (Å²) in [6.45, 7) is 4.32. The second-order valence-corrected chi connectivity index (χ2v) is 10.3. The van der Waals surface area contributed by atoms with Gasteiger partial charge >= 0.3 is 0 Å². The molecular weight excluding hydrogens is 442 g/mol. The van der Waals surface area contributed by atoms with Crippen molar-refractivity contribution < 1.29 is 17.6 Å². The third-order valence-electron chi connectivity index (χ3n) is 5.18. The highest BCUT2D eigenvalue weighted by Gasteiger charge is 2.26. The first-order valence-corrected chi connectivity index (χ1v) is 12.6. The highest BCUT2D eigenvalue weighted by molar-refractivity contribution is 7.91. The highest BCUT2D eigenvalue weighted by atomic mass is 32.2. The van der Waals surface area contributed by atoms with Gasteiger partial charge in [-0.2, -0.15) is 0 Å². The molecule has 5 nitrogen and oxygen atoms in total. The molecule has 4 aromatic rings. The van der Waals surface area contributed by atoms with Crippen LogP contribution in [0.15, 0.2) is 92.6 Å². The van der Waals surface area contributed by atoms with Gasteiger partial charge in [-0.25, -0.2) is 8.42 Å². The van der Waals surface area contributed by atoms with Crippen LogP contribution in [0.2, 0.25) is 0 Å². The molecule has 0 spiro atoms. The molecule has 2 aromatic heterocycles. The van der Waals surface area contributed by atoms with Gasteiger partial charge in [-0.15, -0.1) is 11.3 Å². The number of hydrogen-bond donors (Lipinski definition) is 0. The Hall–Kier alpha value is -3.16. The van der Waals surface area contributed by atoms with E-state index >= 15 is 0 Å². The molecule has 0 aliphatic rings. The second kappa shape index (κ2) is 9.14. The van der Waals surface area contributed by atoms with E-state index in [4.69, 9.17) is 4.42 Å². The van der Waals surface area contributed by atoms with Crippen molar-refractivity contribution in [2.45, 2.75) is 36.8 Å². The van der Waals surface area contributed by atoms with Crippen LogP contribution in [0.3, 0.4) is 0 Å². The standard InChI is InChI=1S/C25H23NO4S2/c1-3-19-8-10-20(11-9-19)26(17-21-5-4-16-31-21)25(27)23-14-15-24(30-23)32(28,29)22-12-6-18(2)7-13-22/h4-16H,3,17H2,1-2H3. The maximum Gasteiger partial charge on any atom is 0.294 e. The first-order chi connectivity index (χ1) is 15.4. The van der Waals surface area contributed by atoms with Crippen molar-refractivity contribution in [1.82, 2.24) is 0 Å². The molecule has 0 radical (unpaired) electrons. The lowest BCUT2D eigenvalue weighted by atomic mass is 10.1. The van der Waals surface area contributed by atoms with E-state index in [0.29, 0.717) is 6.54 Å². The molecule has 0 bridgehead atoms. The average Bonchev–Trinajstić information content (AvgIpc) is 3.50. The number of amides is 1. The Morgan fingerprint density at radius 2 is 1.69 bits per heavy atom. The molecule has 0 atom stereocenters. The van der Waals surface area contributed by atoms with E-state index in [1.165, 1.54) is 29.8 Å². The van der Waals surface area contributed by atoms with Crippen molar-refractivity contribution >= 4 is 32.8 Å². The largest absolute Gasteiger partial charge is 0.439 e. The molecule has 0 aliphatic carbocycles. The minimum Gasteiger partial charge on any atom is -0.439 e. The van der Waals surface area contributed by atoms with Gasteiger partial charge in [-0.05, 0) is 66.8 Å². The molecular formula is C25H23NO4S2. The Bertz CT molecular complexity index is 1300. The minimum atomic E-state index is -3.85. The number of thiophene rings is 1. The Morgan fingerprint density at radius 1 is 0.969 bits per heavy atom. The van der Waals surface area contributed by atoms with Crippen molar-refractivity contribution in [3.8, 4) is 0 Å². The second-order valence-electron chi connectivity index (χ2n) is 7.43. The number of carbonyl (C=O) groups is 1. The number of rotatable bonds is 7. The van der Waals surface area contributed by atoms with Gasteiger partial charge < -0.3 is 9.32 Å². The molecule has 0 N–H and O–H groups in total. The van der Waals surface area contributed by atoms with Crippen LogP contribution in [0.4, 0.5) is 5.69 Å². The summed E-state index contributed by atoms with van der Waals surface area (Å²) in [6.07, 6.45) is 0.900. The number of sulfone groups is 1. The average molecular weight is 466 g/mol. The monoisotopic (exact) mass is 465 g/mol. The van der Waals surface area contributed by atoms with Crippen LogP contribution in [0.5, 0.6) is 0 Å². The van der Waals surface area contributed by atoms with Gasteiger partial charge in [0.1, 0.15) is 0 Å². The zero-order chi connectivity index (χ0) is 22.7. The van der Waals surface area contributed by atoms with E-state index in [-0.39, 0.29) is 15.7 Å². The Morgan fingerprint density at radius 3 is 2.31 bits per heavy atom. The number of furan rings is 1. The summed E-state index contributed by atoms with van der Waals surface area (Å²) in [5.74, 6) is -0.417. The fraction of sp³-hybridized carbons (Fsp3) is 0.160. The van der Waals surface area contributed by atoms with Crippen LogP contribution in [-0.4, -0.2) is 14.3 Å². The molecule has 0 unspecified atom stereocenters. The smallest absolute Gasteiger partial charge is 0.294 e. The van der Waals surface area contributed by atoms with E-state index < -0.39 is 15.7 Å². The van der Waals surface area contributed by atoms with Crippen LogP contribution in [0, 0.1) is 6.92 Å². The predicted octanol–water partition coefficient (Wildman–Crippen LogP) is 5.89. The summed E-state index contributed by atoms with van der Waals surface area (Å²) >= 11 is 1.55. The minimum absolute atomic E-state index is 0.0215. The lowest BCUT2D eigenvalue weighted by Gasteiger charge is -2.21. The fourth-order valence-electron chi connectivity index (χ4n) is 3.30. The Labute approximate surface area is 191 Å². The first-order valence-electron chi connectivity index (χ1n) is 10.2. The van der Waals surface area contributed by atoms with E-state index in [9.17, 15) is 13.2 Å². The van der Waals surface area contributed by atoms with Crippen molar-refractivity contribution in [2.24, 2.45) is 0 Å². The quantitative estimate of drug-likeness (QED) is 0.341. The molecule has 2 aromatic carbocycles. The van der Waals surface area contributed by atoms with Gasteiger partial charge in [0.25, 0.3) is 5.91 Å². The molecule has 0 fully saturated rings. The third kappa shape index (κ3) is 4.54. The zero-order valence-electron chi connectivity index (χ0n) is 17.8. The molecule has 32 heavy (non-hydrogen) atoms. The Kier molecular flexibility index (Phi) is 6.30. The number of anilines is 1. The van der Waals surface area contributed by atoms with Crippen LogP contribution in [0.25, 0.3) is 0 Å². The maximum absolute atomic E-state index is 13.4. The summed E-state index contributed by atoms with van der Waals surface area (Å²) in [5.41, 5.74) is 2.85. The highest BCUT2D eigenvalue weighted by Crippen LogP contribution is 2.27. The summed E-state index contributed by atoms with van der Waals surface area (Å²) < 4.78 is 31.4. The van der Waals surface area contributed by atoms with E-state index in [0.717, 1.165) is 22.5 Å². The summed E-state index contributed by atoms with van der Waals surface area (Å²) in [5, 5.41) is 1.71. The number of hydrogen-bond acceptors (Lipinski definition) is 5. The molecule has 1 amide bonds. The molecule has 0 aliphatic heterocycles. The van der Waals surface area contributed by atoms with Crippen LogP contribution in [0.1, 0.15) is 33.5 Å². The van der Waals surface area contributed by atoms with Gasteiger partial charge in [0.05, 0.1) is 11.4 Å². The molecule has 0 saturated carbocycles. The maximum atomic E-state index is 13.4. The number of benzene rings is 2. The molecule has 164 valence electrons. The summed E-state index contributed by atoms with van der Waals surface area (Å²) in [4.78, 5) is 16.1. The van der Waals surface area contributed by atoms with E-state index in [1.807, 2.05) is 48.7 Å². The van der Waals surface area contributed by atoms with E-state index in [1.54, 1.807) is 28.4 Å². The van der Waals surface area contributed by atoms with Crippen molar-refractivity contribution in [3.63, 3.8) is 0 Å². The molecule has 4 rings (SSSR count). The first kappa shape index (κ1) is 22.0. The van der Waals surface area contributed by atoms with Gasteiger partial charge in [0.2, 0.25) is 14.9 Å². The topological polar surface area (TPSA) is 67.6 Å². The van der Waals surface area contributed by atoms with Gasteiger partial charge in [-0.3, -0.25) is 4.79 Å². The van der Waals surface area contributed by atoms with E-state index in [2.05, 4.69) is 6.92 Å². The van der Waals surface area contributed by atoms with Crippen molar-refractivity contribution in [3.05, 3.63) is 99.9 Å². The number of carbonyl (C=O) groups excluding carboxylic acids is 1. The van der Waals surface area contributed by atoms with Crippen molar-refractivity contribution in [2.75, 3.05) is 4.90 Å². The molecule has 2 heterocycles. The lowest BCUT2D eigenvalue weighted by Crippen LogP contribution is -2.29. The molecule has 7 heteroatoms. The van der Waals surface area contributed by atoms with Gasteiger partial charge in [0.15, 0.2) is 5.76 Å². The number of nitrogens with zero attached hydrogens (tertiary/aromatic N) is 1. The SMILES string of the molecule is CCc1ccc(N(Cc2cccs2)C(=O)c2ccc(S(=O)(=O)c3ccc(C)cc3)o2)cc1. The number of aryl methyl sites for hydroxylation is 2. The molecule has 0 saturated heterocycles. The van der Waals surface area contributed by atoms with Crippen LogP contribution in [-0.2, 0) is 22.8 Å². The van der Waals surface area contributed by atoms with Crippen LogP contribution < -0.4 is 4.90 Å². The third-order valence-corrected chi connectivity index (χ3v) is 7.69. The van der Waals surface area contributed by atoms with Crippen molar-refractivity contribution in [1.29, 1.82) is 0 Å². The van der Waals surface area contributed by atoms with Gasteiger partial charge in [0, 0.05) is 10.6 Å². The Balaban J connectivity index is 1.66. The zero-order valence-corrected chi connectivity index (χ0v) is 19.4. The fourth-order valence-corrected chi connectivity index (χ4v) is 5.16. The van der Waals surface area contributed by atoms with Crippen LogP contribution >= 0.6 is 11.3 Å². The normalized spacial score (nSPS) is 11.4. The van der Waals surface area contributed by atoms with Gasteiger partial charge in [-0.1, -0.05) is 42.8 Å². The lowest BCUT2D eigenvalue weighted by molar-refractivity contribution is 0.0953. The predicted molar refractivity (Wildman–Crippen MR) is 126 cm³/mol. The summed E-state index contributed by atoms with van der Waals surface area (Å²) in [7, 11) is -3.85. The summed E-state index contributed by atoms with van der Waals surface area (Å²) in [6, 6.07) is 20.9.